The molecule has 81 valence electrons. The predicted octanol–water partition coefficient (Wildman–Crippen LogP) is 0.824. The summed E-state index contributed by atoms with van der Waals surface area (Å²) in [6.45, 7) is 4.00. The first-order chi connectivity index (χ1) is 6.97. The number of ether oxygens (including phenoxy) is 1. The molecule has 0 aromatic carbocycles. The molecule has 14 heavy (non-hydrogen) atoms. The molecule has 0 saturated carbocycles. The van der Waals surface area contributed by atoms with Crippen molar-refractivity contribution < 1.29 is 4.74 Å². The number of hydrogen-bond donors (Lipinski definition) is 2. The van der Waals surface area contributed by atoms with Gasteiger partial charge >= 0.3 is 0 Å². The molecule has 0 aromatic rings. The van der Waals surface area contributed by atoms with E-state index < -0.39 is 0 Å². The van der Waals surface area contributed by atoms with Crippen LogP contribution in [0.4, 0.5) is 0 Å². The van der Waals surface area contributed by atoms with Crippen molar-refractivity contribution in [3.8, 4) is 0 Å². The Morgan fingerprint density at radius 3 is 2.93 bits per heavy atom. The van der Waals surface area contributed by atoms with E-state index >= 15 is 0 Å². The molecular formula is C10H20N3O. The van der Waals surface area contributed by atoms with Crippen LogP contribution in [-0.4, -0.2) is 31.3 Å². The summed E-state index contributed by atoms with van der Waals surface area (Å²) in [5, 5.41) is 5.47. The quantitative estimate of drug-likeness (QED) is 0.654. The minimum absolute atomic E-state index is 0.848. The highest BCUT2D eigenvalue weighted by atomic mass is 16.5. The highest BCUT2D eigenvalue weighted by Crippen LogP contribution is 2.13. The van der Waals surface area contributed by atoms with Crippen LogP contribution in [0.3, 0.4) is 0 Å². The van der Waals surface area contributed by atoms with Gasteiger partial charge in [-0.3, -0.25) is 10.7 Å². The zero-order valence-corrected chi connectivity index (χ0v) is 8.72. The Balaban J connectivity index is 1.83. The molecular weight excluding hydrogens is 178 g/mol. The Hall–Kier alpha value is -0.160. The lowest BCUT2D eigenvalue weighted by atomic mass is 10.2. The molecule has 2 aliphatic rings. The van der Waals surface area contributed by atoms with Gasteiger partial charge in [-0.25, -0.2) is 0 Å². The number of rotatable bonds is 1. The minimum Gasteiger partial charge on any atom is -0.341 e. The van der Waals surface area contributed by atoms with Crippen LogP contribution in [0.25, 0.3) is 0 Å². The van der Waals surface area contributed by atoms with Crippen molar-refractivity contribution in [2.45, 2.75) is 32.1 Å². The number of nitrogens with zero attached hydrogens (tertiary/aromatic N) is 1. The van der Waals surface area contributed by atoms with Crippen molar-refractivity contribution in [3.63, 3.8) is 0 Å². The second kappa shape index (κ2) is 5.66. The molecule has 2 saturated heterocycles. The Morgan fingerprint density at radius 1 is 1.00 bits per heavy atom. The summed E-state index contributed by atoms with van der Waals surface area (Å²) in [4.78, 5) is 0. The highest BCUT2D eigenvalue weighted by molar-refractivity contribution is 4.78. The molecule has 0 amide bonds. The second-order valence-corrected chi connectivity index (χ2v) is 3.91. The normalized spacial score (nSPS) is 28.3. The molecule has 4 heteroatoms. The second-order valence-electron chi connectivity index (χ2n) is 3.91. The van der Waals surface area contributed by atoms with Crippen molar-refractivity contribution in [2.24, 2.45) is 0 Å². The monoisotopic (exact) mass is 198 g/mol. The van der Waals surface area contributed by atoms with Gasteiger partial charge in [0.15, 0.2) is 0 Å². The van der Waals surface area contributed by atoms with Gasteiger partial charge in [-0.2, -0.15) is 5.01 Å². The summed E-state index contributed by atoms with van der Waals surface area (Å²) >= 11 is 0. The van der Waals surface area contributed by atoms with Gasteiger partial charge in [0.25, 0.3) is 6.35 Å². The van der Waals surface area contributed by atoms with Gasteiger partial charge in [-0.05, 0) is 32.2 Å². The van der Waals surface area contributed by atoms with Gasteiger partial charge in [0.1, 0.15) is 0 Å². The van der Waals surface area contributed by atoms with E-state index in [9.17, 15) is 0 Å². The third kappa shape index (κ3) is 2.92. The van der Waals surface area contributed by atoms with Gasteiger partial charge in [0, 0.05) is 13.1 Å². The van der Waals surface area contributed by atoms with Crippen LogP contribution in [0.15, 0.2) is 0 Å². The molecule has 1 radical (unpaired) electrons. The summed E-state index contributed by atoms with van der Waals surface area (Å²) in [7, 11) is 0. The molecule has 2 fully saturated rings. The number of hydrogen-bond acceptors (Lipinski definition) is 4. The zero-order valence-electron chi connectivity index (χ0n) is 8.72. The lowest BCUT2D eigenvalue weighted by Crippen LogP contribution is -2.47. The van der Waals surface area contributed by atoms with E-state index in [4.69, 9.17) is 4.74 Å². The largest absolute Gasteiger partial charge is 0.341 e. The summed E-state index contributed by atoms with van der Waals surface area (Å²) in [5.41, 5.74) is 3.39. The van der Waals surface area contributed by atoms with Crippen molar-refractivity contribution in [2.75, 3.05) is 26.2 Å². The zero-order chi connectivity index (χ0) is 9.64. The summed E-state index contributed by atoms with van der Waals surface area (Å²) in [6, 6.07) is 0. The average Bonchev–Trinajstić information content (AvgIpc) is 2.62. The standard InChI is InChI=1S/C10H20N3O/c1-2-7-12-13(8-4-1)10-11-6-3-5-9-14-10/h11-12H,1-9H2. The minimum atomic E-state index is 0.848. The lowest BCUT2D eigenvalue weighted by molar-refractivity contribution is -0.00189. The van der Waals surface area contributed by atoms with E-state index in [1.54, 1.807) is 0 Å². The van der Waals surface area contributed by atoms with Crippen LogP contribution in [0.1, 0.15) is 32.1 Å². The molecule has 2 rings (SSSR count). The summed E-state index contributed by atoms with van der Waals surface area (Å²) in [5.74, 6) is 0. The Kier molecular flexibility index (Phi) is 4.19. The van der Waals surface area contributed by atoms with Gasteiger partial charge in [-0.15, -0.1) is 0 Å². The molecule has 2 aliphatic heterocycles. The molecule has 4 nitrogen and oxygen atoms in total. The van der Waals surface area contributed by atoms with Crippen molar-refractivity contribution >= 4 is 0 Å². The fourth-order valence-electron chi connectivity index (χ4n) is 1.85. The highest BCUT2D eigenvalue weighted by Gasteiger charge is 2.22. The van der Waals surface area contributed by atoms with E-state index in [-0.39, 0.29) is 0 Å². The average molecular weight is 198 g/mol. The van der Waals surface area contributed by atoms with Crippen molar-refractivity contribution in [1.29, 1.82) is 0 Å². The van der Waals surface area contributed by atoms with Crippen LogP contribution in [-0.2, 0) is 4.74 Å². The van der Waals surface area contributed by atoms with Crippen molar-refractivity contribution in [3.05, 3.63) is 6.35 Å². The SMILES string of the molecule is C1CCNN([C]2NCCCCO2)CC1. The Morgan fingerprint density at radius 2 is 1.93 bits per heavy atom. The van der Waals surface area contributed by atoms with Gasteiger partial charge in [0.05, 0.1) is 6.61 Å². The van der Waals surface area contributed by atoms with E-state index in [0.717, 1.165) is 39.0 Å². The molecule has 0 spiro atoms. The summed E-state index contributed by atoms with van der Waals surface area (Å²) in [6.07, 6.45) is 7.13. The van der Waals surface area contributed by atoms with Crippen LogP contribution < -0.4 is 10.7 Å². The number of hydrazine groups is 1. The van der Waals surface area contributed by atoms with Gasteiger partial charge < -0.3 is 4.74 Å². The van der Waals surface area contributed by atoms with E-state index in [1.165, 1.54) is 25.7 Å². The molecule has 0 aromatic heterocycles. The molecule has 2 N–H and O–H groups in total. The first-order valence-electron chi connectivity index (χ1n) is 5.71. The maximum Gasteiger partial charge on any atom is 0.251 e. The van der Waals surface area contributed by atoms with E-state index in [0.29, 0.717) is 0 Å². The first-order valence-corrected chi connectivity index (χ1v) is 5.71. The molecule has 0 atom stereocenters. The predicted molar refractivity (Wildman–Crippen MR) is 55.0 cm³/mol. The van der Waals surface area contributed by atoms with Gasteiger partial charge in [-0.1, -0.05) is 6.42 Å². The third-order valence-corrected chi connectivity index (χ3v) is 2.69. The van der Waals surface area contributed by atoms with Crippen molar-refractivity contribution in [1.82, 2.24) is 15.8 Å². The van der Waals surface area contributed by atoms with Gasteiger partial charge in [0.2, 0.25) is 0 Å². The first kappa shape index (κ1) is 10.4. The van der Waals surface area contributed by atoms with Crippen LogP contribution in [0.2, 0.25) is 0 Å². The number of nitrogens with one attached hydrogen (secondary N) is 2. The van der Waals surface area contributed by atoms with E-state index in [1.807, 2.05) is 0 Å². The summed E-state index contributed by atoms with van der Waals surface area (Å²) < 4.78 is 5.67. The molecule has 0 unspecified atom stereocenters. The van der Waals surface area contributed by atoms with E-state index in [2.05, 4.69) is 15.8 Å². The van der Waals surface area contributed by atoms with Crippen LogP contribution >= 0.6 is 0 Å². The molecule has 0 aliphatic carbocycles. The topological polar surface area (TPSA) is 36.5 Å². The molecule has 2 heterocycles. The van der Waals surface area contributed by atoms with Crippen LogP contribution in [0, 0.1) is 6.35 Å². The fourth-order valence-corrected chi connectivity index (χ4v) is 1.85. The van der Waals surface area contributed by atoms with Crippen LogP contribution in [0.5, 0.6) is 0 Å². The maximum absolute atomic E-state index is 5.67. The third-order valence-electron chi connectivity index (χ3n) is 2.69. The maximum atomic E-state index is 5.67. The fraction of sp³-hybridized carbons (Fsp3) is 0.900. The Labute approximate surface area is 86.0 Å². The lowest BCUT2D eigenvalue weighted by Gasteiger charge is -2.28. The Bertz CT molecular complexity index is 131. The molecule has 0 bridgehead atoms. The smallest absolute Gasteiger partial charge is 0.251 e.